The van der Waals surface area contributed by atoms with Crippen LogP contribution >= 0.6 is 11.6 Å². The highest BCUT2D eigenvalue weighted by Gasteiger charge is 1.99. The van der Waals surface area contributed by atoms with Crippen LogP contribution in [0.4, 0.5) is 10.6 Å². The Kier molecular flexibility index (Phi) is 2.88. The first-order valence-corrected chi connectivity index (χ1v) is 3.77. The molecule has 0 aromatic carbocycles. The van der Waals surface area contributed by atoms with E-state index in [9.17, 15) is 4.79 Å². The molecule has 1 heterocycles. The Morgan fingerprint density at radius 1 is 1.67 bits per heavy atom. The van der Waals surface area contributed by atoms with Crippen LogP contribution in [0.5, 0.6) is 0 Å². The lowest BCUT2D eigenvalue weighted by Crippen LogP contribution is -2.08. The predicted octanol–water partition coefficient (Wildman–Crippen LogP) is 1.91. The van der Waals surface area contributed by atoms with E-state index in [2.05, 4.69) is 10.3 Å². The van der Waals surface area contributed by atoms with E-state index in [0.717, 1.165) is 0 Å². The highest BCUT2D eigenvalue weighted by Crippen LogP contribution is 2.06. The molecule has 0 spiro atoms. The first kappa shape index (κ1) is 8.80. The van der Waals surface area contributed by atoms with Crippen LogP contribution in [-0.4, -0.2) is 16.2 Å². The minimum Gasteiger partial charge on any atom is -0.465 e. The van der Waals surface area contributed by atoms with Gasteiger partial charge in [-0.3, -0.25) is 5.32 Å². The second kappa shape index (κ2) is 3.92. The Morgan fingerprint density at radius 3 is 3.00 bits per heavy atom. The van der Waals surface area contributed by atoms with Gasteiger partial charge < -0.3 is 5.11 Å². The zero-order valence-corrected chi connectivity index (χ0v) is 6.88. The molecule has 0 unspecified atom stereocenters. The van der Waals surface area contributed by atoms with E-state index in [-0.39, 0.29) is 5.88 Å². The van der Waals surface area contributed by atoms with Crippen molar-refractivity contribution in [2.24, 2.45) is 0 Å². The average Bonchev–Trinajstić information content (AvgIpc) is 2.03. The third-order valence-corrected chi connectivity index (χ3v) is 1.45. The van der Waals surface area contributed by atoms with Gasteiger partial charge in [-0.15, -0.1) is 11.6 Å². The van der Waals surface area contributed by atoms with Gasteiger partial charge in [0.05, 0.1) is 11.6 Å². The number of rotatable bonds is 2. The molecule has 1 aromatic rings. The molecular formula is C7H7ClN2O2. The Morgan fingerprint density at radius 2 is 2.42 bits per heavy atom. The lowest BCUT2D eigenvalue weighted by molar-refractivity contribution is 0.209. The van der Waals surface area contributed by atoms with Gasteiger partial charge >= 0.3 is 6.09 Å². The molecule has 2 N–H and O–H groups in total. The van der Waals surface area contributed by atoms with E-state index >= 15 is 0 Å². The van der Waals surface area contributed by atoms with Crippen molar-refractivity contribution in [3.05, 3.63) is 23.9 Å². The molecule has 1 aromatic heterocycles. The summed E-state index contributed by atoms with van der Waals surface area (Å²) in [5.74, 6) is 0.565. The van der Waals surface area contributed by atoms with E-state index < -0.39 is 6.09 Å². The first-order chi connectivity index (χ1) is 5.72. The zero-order chi connectivity index (χ0) is 8.97. The van der Waals surface area contributed by atoms with Crippen molar-refractivity contribution in [1.29, 1.82) is 0 Å². The topological polar surface area (TPSA) is 62.2 Å². The molecule has 5 heteroatoms. The van der Waals surface area contributed by atoms with Crippen LogP contribution in [0.3, 0.4) is 0 Å². The summed E-state index contributed by atoms with van der Waals surface area (Å²) in [5.41, 5.74) is 0.642. The molecule has 12 heavy (non-hydrogen) atoms. The smallest absolute Gasteiger partial charge is 0.410 e. The number of carboxylic acid groups (broad SMARTS) is 1. The fraction of sp³-hybridized carbons (Fsp3) is 0.143. The van der Waals surface area contributed by atoms with Crippen molar-refractivity contribution in [2.75, 3.05) is 5.32 Å². The number of nitrogens with one attached hydrogen (secondary N) is 1. The van der Waals surface area contributed by atoms with Crippen molar-refractivity contribution in [3.8, 4) is 0 Å². The van der Waals surface area contributed by atoms with Gasteiger partial charge in [0.2, 0.25) is 0 Å². The van der Waals surface area contributed by atoms with Crippen molar-refractivity contribution < 1.29 is 9.90 Å². The highest BCUT2D eigenvalue weighted by molar-refractivity contribution is 6.16. The number of hydrogen-bond acceptors (Lipinski definition) is 2. The molecule has 64 valence electrons. The van der Waals surface area contributed by atoms with Crippen LogP contribution in [0, 0.1) is 0 Å². The quantitative estimate of drug-likeness (QED) is 0.694. The number of nitrogens with zero attached hydrogens (tertiary/aromatic N) is 1. The number of hydrogen-bond donors (Lipinski definition) is 2. The van der Waals surface area contributed by atoms with Gasteiger partial charge in [0, 0.05) is 0 Å². The lowest BCUT2D eigenvalue weighted by atomic mass is 10.4. The zero-order valence-electron chi connectivity index (χ0n) is 6.12. The van der Waals surface area contributed by atoms with E-state index in [4.69, 9.17) is 16.7 Å². The SMILES string of the molecule is O=C(O)Nc1cccc(CCl)n1. The standard InChI is InChI=1S/C7H7ClN2O2/c8-4-5-2-1-3-6(9-5)10-7(11)12/h1-3H,4H2,(H,9,10)(H,11,12). The van der Waals surface area contributed by atoms with E-state index in [1.807, 2.05) is 0 Å². The second-order valence-corrected chi connectivity index (χ2v) is 2.35. The normalized spacial score (nSPS) is 9.42. The summed E-state index contributed by atoms with van der Waals surface area (Å²) in [6.07, 6.45) is -1.13. The molecule has 0 aliphatic heterocycles. The summed E-state index contributed by atoms with van der Waals surface area (Å²) in [7, 11) is 0. The number of aromatic nitrogens is 1. The summed E-state index contributed by atoms with van der Waals surface area (Å²) >= 11 is 5.50. The molecule has 0 saturated carbocycles. The number of alkyl halides is 1. The van der Waals surface area contributed by atoms with Gasteiger partial charge in [-0.25, -0.2) is 9.78 Å². The fourth-order valence-electron chi connectivity index (χ4n) is 0.733. The molecule has 0 aliphatic carbocycles. The Balaban J connectivity index is 2.79. The van der Waals surface area contributed by atoms with E-state index in [0.29, 0.717) is 11.5 Å². The van der Waals surface area contributed by atoms with Crippen molar-refractivity contribution in [1.82, 2.24) is 4.98 Å². The Labute approximate surface area is 74.2 Å². The molecule has 4 nitrogen and oxygen atoms in total. The minimum absolute atomic E-state index is 0.273. The van der Waals surface area contributed by atoms with E-state index in [1.165, 1.54) is 0 Å². The van der Waals surface area contributed by atoms with Gasteiger partial charge in [-0.2, -0.15) is 0 Å². The summed E-state index contributed by atoms with van der Waals surface area (Å²) in [5, 5.41) is 10.5. The third-order valence-electron chi connectivity index (χ3n) is 1.18. The van der Waals surface area contributed by atoms with Crippen LogP contribution in [0.25, 0.3) is 0 Å². The minimum atomic E-state index is -1.13. The van der Waals surface area contributed by atoms with Crippen LogP contribution in [-0.2, 0) is 5.88 Å². The fourth-order valence-corrected chi connectivity index (χ4v) is 0.882. The maximum Gasteiger partial charge on any atom is 0.410 e. The lowest BCUT2D eigenvalue weighted by Gasteiger charge is -2.00. The average molecular weight is 187 g/mol. The van der Waals surface area contributed by atoms with Crippen LogP contribution < -0.4 is 5.32 Å². The number of amides is 1. The van der Waals surface area contributed by atoms with Crippen LogP contribution in [0.15, 0.2) is 18.2 Å². The van der Waals surface area contributed by atoms with Crippen LogP contribution in [0.2, 0.25) is 0 Å². The van der Waals surface area contributed by atoms with Crippen molar-refractivity contribution in [3.63, 3.8) is 0 Å². The maximum atomic E-state index is 10.2. The molecular weight excluding hydrogens is 180 g/mol. The molecule has 0 radical (unpaired) electrons. The Hall–Kier alpha value is -1.29. The van der Waals surface area contributed by atoms with Crippen LogP contribution in [0.1, 0.15) is 5.69 Å². The molecule has 0 atom stereocenters. The number of halogens is 1. The molecule has 0 fully saturated rings. The van der Waals surface area contributed by atoms with E-state index in [1.54, 1.807) is 18.2 Å². The summed E-state index contributed by atoms with van der Waals surface area (Å²) < 4.78 is 0. The second-order valence-electron chi connectivity index (χ2n) is 2.08. The van der Waals surface area contributed by atoms with Gasteiger partial charge in [0.1, 0.15) is 5.82 Å². The summed E-state index contributed by atoms with van der Waals surface area (Å²) in [6, 6.07) is 4.97. The molecule has 1 rings (SSSR count). The summed E-state index contributed by atoms with van der Waals surface area (Å²) in [4.78, 5) is 14.1. The van der Waals surface area contributed by atoms with Gasteiger partial charge in [-0.1, -0.05) is 6.07 Å². The third kappa shape index (κ3) is 2.39. The van der Waals surface area contributed by atoms with Gasteiger partial charge in [0.25, 0.3) is 0 Å². The first-order valence-electron chi connectivity index (χ1n) is 3.24. The monoisotopic (exact) mass is 186 g/mol. The largest absolute Gasteiger partial charge is 0.465 e. The highest BCUT2D eigenvalue weighted by atomic mass is 35.5. The number of anilines is 1. The van der Waals surface area contributed by atoms with Crippen molar-refractivity contribution in [2.45, 2.75) is 5.88 Å². The maximum absolute atomic E-state index is 10.2. The molecule has 1 amide bonds. The Bertz CT molecular complexity index is 290. The molecule has 0 saturated heterocycles. The number of carbonyl (C=O) groups is 1. The molecule has 0 bridgehead atoms. The number of pyridine rings is 1. The summed E-state index contributed by atoms with van der Waals surface area (Å²) in [6.45, 7) is 0. The van der Waals surface area contributed by atoms with Gasteiger partial charge in [-0.05, 0) is 12.1 Å². The van der Waals surface area contributed by atoms with Gasteiger partial charge in [0.15, 0.2) is 0 Å². The molecule has 0 aliphatic rings. The predicted molar refractivity (Wildman–Crippen MR) is 45.4 cm³/mol. The van der Waals surface area contributed by atoms with Crippen molar-refractivity contribution >= 4 is 23.5 Å².